The predicted molar refractivity (Wildman–Crippen MR) is 130 cm³/mol. The van der Waals surface area contributed by atoms with E-state index in [-0.39, 0.29) is 5.91 Å². The lowest BCUT2D eigenvalue weighted by Crippen LogP contribution is -2.28. The molecule has 4 rings (SSSR count). The van der Waals surface area contributed by atoms with Crippen molar-refractivity contribution in [2.24, 2.45) is 4.99 Å². The molecule has 1 heterocycles. The summed E-state index contributed by atoms with van der Waals surface area (Å²) >= 11 is 1.39. The number of thioether (sulfide) groups is 1. The number of amides is 1. The lowest BCUT2D eigenvalue weighted by Gasteiger charge is -2.16. The molecule has 0 atom stereocenters. The normalized spacial score (nSPS) is 16.4. The standard InChI is InChI=1S/C26H24N2O2S/c1-4-30-23-15-9-20(10-16-23)17-24-25(29)28(22-13-7-19(3)8-14-22)26(31-24)27-21-11-5-18(2)6-12-21/h5-17H,4H2,1-3H3/b24-17-,27-26?. The second-order valence-electron chi connectivity index (χ2n) is 7.32. The van der Waals surface area contributed by atoms with Crippen molar-refractivity contribution in [2.45, 2.75) is 20.8 Å². The summed E-state index contributed by atoms with van der Waals surface area (Å²) in [6, 6.07) is 23.6. The average molecular weight is 429 g/mol. The molecule has 0 bridgehead atoms. The number of hydrogen-bond acceptors (Lipinski definition) is 4. The van der Waals surface area contributed by atoms with Gasteiger partial charge in [-0.3, -0.25) is 9.69 Å². The second kappa shape index (κ2) is 9.23. The van der Waals surface area contributed by atoms with Crippen LogP contribution < -0.4 is 9.64 Å². The van der Waals surface area contributed by atoms with Gasteiger partial charge in [-0.2, -0.15) is 0 Å². The summed E-state index contributed by atoms with van der Waals surface area (Å²) in [5.74, 6) is 0.742. The first-order chi connectivity index (χ1) is 15.0. The Morgan fingerprint density at radius 3 is 2.13 bits per heavy atom. The number of ether oxygens (including phenoxy) is 1. The van der Waals surface area contributed by atoms with Gasteiger partial charge in [0.05, 0.1) is 22.9 Å². The number of carbonyl (C=O) groups is 1. The van der Waals surface area contributed by atoms with Crippen LogP contribution in [0.25, 0.3) is 6.08 Å². The van der Waals surface area contributed by atoms with E-state index in [1.807, 2.05) is 99.6 Å². The molecule has 31 heavy (non-hydrogen) atoms. The van der Waals surface area contributed by atoms with Crippen LogP contribution in [0.4, 0.5) is 11.4 Å². The van der Waals surface area contributed by atoms with E-state index in [9.17, 15) is 4.79 Å². The van der Waals surface area contributed by atoms with Crippen molar-refractivity contribution in [3.63, 3.8) is 0 Å². The molecule has 0 unspecified atom stereocenters. The number of anilines is 1. The molecular weight excluding hydrogens is 404 g/mol. The lowest BCUT2D eigenvalue weighted by atomic mass is 10.2. The molecule has 4 nitrogen and oxygen atoms in total. The van der Waals surface area contributed by atoms with Gasteiger partial charge in [0, 0.05) is 0 Å². The van der Waals surface area contributed by atoms with Crippen molar-refractivity contribution in [1.82, 2.24) is 0 Å². The van der Waals surface area contributed by atoms with Crippen LogP contribution in [0.3, 0.4) is 0 Å². The Hall–Kier alpha value is -3.31. The Morgan fingerprint density at radius 2 is 1.52 bits per heavy atom. The van der Waals surface area contributed by atoms with Crippen molar-refractivity contribution in [3.8, 4) is 5.75 Å². The van der Waals surface area contributed by atoms with Crippen LogP contribution in [0, 0.1) is 13.8 Å². The third-order valence-corrected chi connectivity index (χ3v) is 5.81. The maximum absolute atomic E-state index is 13.4. The van der Waals surface area contributed by atoms with Crippen LogP contribution in [0.15, 0.2) is 82.7 Å². The fraction of sp³-hybridized carbons (Fsp3) is 0.154. The third-order valence-electron chi connectivity index (χ3n) is 4.85. The topological polar surface area (TPSA) is 41.9 Å². The highest BCUT2D eigenvalue weighted by Crippen LogP contribution is 2.37. The number of hydrogen-bond donors (Lipinski definition) is 0. The minimum atomic E-state index is -0.0754. The van der Waals surface area contributed by atoms with Crippen molar-refractivity contribution in [1.29, 1.82) is 0 Å². The van der Waals surface area contributed by atoms with Gasteiger partial charge >= 0.3 is 0 Å². The quantitative estimate of drug-likeness (QED) is 0.435. The highest BCUT2D eigenvalue weighted by Gasteiger charge is 2.34. The van der Waals surface area contributed by atoms with E-state index in [1.54, 1.807) is 4.90 Å². The summed E-state index contributed by atoms with van der Waals surface area (Å²) in [4.78, 5) is 20.5. The summed E-state index contributed by atoms with van der Waals surface area (Å²) in [7, 11) is 0. The van der Waals surface area contributed by atoms with Crippen molar-refractivity contribution in [3.05, 3.63) is 94.4 Å². The molecule has 1 aliphatic rings. The second-order valence-corrected chi connectivity index (χ2v) is 8.33. The average Bonchev–Trinajstić information content (AvgIpc) is 3.07. The van der Waals surface area contributed by atoms with Gasteiger partial charge < -0.3 is 4.74 Å². The molecule has 0 aromatic heterocycles. The Kier molecular flexibility index (Phi) is 6.23. The van der Waals surface area contributed by atoms with Crippen LogP contribution in [0.5, 0.6) is 5.75 Å². The van der Waals surface area contributed by atoms with Crippen molar-refractivity contribution in [2.75, 3.05) is 11.5 Å². The number of amidine groups is 1. The SMILES string of the molecule is CCOc1ccc(/C=C2\SC(=Nc3ccc(C)cc3)N(c3ccc(C)cc3)C2=O)cc1. The maximum atomic E-state index is 13.4. The summed E-state index contributed by atoms with van der Waals surface area (Å²) in [6.45, 7) is 6.65. The maximum Gasteiger partial charge on any atom is 0.271 e. The van der Waals surface area contributed by atoms with E-state index in [4.69, 9.17) is 9.73 Å². The molecule has 0 saturated carbocycles. The summed E-state index contributed by atoms with van der Waals surface area (Å²) in [6.07, 6.45) is 1.90. The van der Waals surface area contributed by atoms with Crippen LogP contribution in [-0.2, 0) is 4.79 Å². The number of aryl methyl sites for hydroxylation is 2. The Labute approximate surface area is 187 Å². The van der Waals surface area contributed by atoms with E-state index < -0.39 is 0 Å². The molecule has 3 aromatic rings. The van der Waals surface area contributed by atoms with E-state index >= 15 is 0 Å². The molecule has 5 heteroatoms. The number of benzene rings is 3. The molecule has 1 fully saturated rings. The van der Waals surface area contributed by atoms with E-state index in [2.05, 4.69) is 0 Å². The molecule has 0 radical (unpaired) electrons. The largest absolute Gasteiger partial charge is 0.494 e. The molecule has 1 saturated heterocycles. The molecule has 1 aliphatic heterocycles. The van der Waals surface area contributed by atoms with Crippen LogP contribution in [0.2, 0.25) is 0 Å². The molecule has 1 amide bonds. The molecule has 3 aromatic carbocycles. The zero-order valence-corrected chi connectivity index (χ0v) is 18.6. The molecule has 0 aliphatic carbocycles. The van der Waals surface area contributed by atoms with E-state index in [0.717, 1.165) is 28.3 Å². The highest BCUT2D eigenvalue weighted by molar-refractivity contribution is 8.19. The van der Waals surface area contributed by atoms with Gasteiger partial charge in [0.25, 0.3) is 5.91 Å². The lowest BCUT2D eigenvalue weighted by molar-refractivity contribution is -0.113. The predicted octanol–water partition coefficient (Wildman–Crippen LogP) is 6.51. The third kappa shape index (κ3) is 4.89. The minimum Gasteiger partial charge on any atom is -0.494 e. The number of carbonyl (C=O) groups excluding carboxylic acids is 1. The van der Waals surface area contributed by atoms with Gasteiger partial charge in [0.15, 0.2) is 5.17 Å². The Morgan fingerprint density at radius 1 is 0.903 bits per heavy atom. The van der Waals surface area contributed by atoms with Crippen LogP contribution >= 0.6 is 11.8 Å². The van der Waals surface area contributed by atoms with Gasteiger partial charge in [0.2, 0.25) is 0 Å². The molecular formula is C26H24N2O2S. The smallest absolute Gasteiger partial charge is 0.271 e. The summed E-state index contributed by atoms with van der Waals surface area (Å²) in [5.41, 5.74) is 4.89. The highest BCUT2D eigenvalue weighted by atomic mass is 32.2. The summed E-state index contributed by atoms with van der Waals surface area (Å²) < 4.78 is 5.51. The van der Waals surface area contributed by atoms with E-state index in [0.29, 0.717) is 16.7 Å². The molecule has 0 N–H and O–H groups in total. The van der Waals surface area contributed by atoms with Gasteiger partial charge in [0.1, 0.15) is 5.75 Å². The Bertz CT molecular complexity index is 1130. The van der Waals surface area contributed by atoms with E-state index in [1.165, 1.54) is 17.3 Å². The number of aliphatic imine (C=N–C) groups is 1. The van der Waals surface area contributed by atoms with Gasteiger partial charge in [-0.25, -0.2) is 4.99 Å². The van der Waals surface area contributed by atoms with Crippen molar-refractivity contribution >= 4 is 40.3 Å². The first kappa shape index (κ1) is 20.9. The summed E-state index contributed by atoms with van der Waals surface area (Å²) in [5, 5.41) is 0.648. The monoisotopic (exact) mass is 428 g/mol. The van der Waals surface area contributed by atoms with Crippen molar-refractivity contribution < 1.29 is 9.53 Å². The fourth-order valence-corrected chi connectivity index (χ4v) is 4.18. The Balaban J connectivity index is 1.71. The van der Waals surface area contributed by atoms with Gasteiger partial charge in [-0.1, -0.05) is 47.5 Å². The first-order valence-corrected chi connectivity index (χ1v) is 11.0. The van der Waals surface area contributed by atoms with Gasteiger partial charge in [-0.05, 0) is 80.6 Å². The van der Waals surface area contributed by atoms with Crippen LogP contribution in [0.1, 0.15) is 23.6 Å². The van der Waals surface area contributed by atoms with Crippen LogP contribution in [-0.4, -0.2) is 17.7 Å². The minimum absolute atomic E-state index is 0.0754. The number of rotatable bonds is 5. The fourth-order valence-electron chi connectivity index (χ4n) is 3.18. The zero-order chi connectivity index (χ0) is 21.8. The molecule has 0 spiro atoms. The first-order valence-electron chi connectivity index (χ1n) is 10.2. The molecule has 156 valence electrons. The zero-order valence-electron chi connectivity index (χ0n) is 17.8. The van der Waals surface area contributed by atoms with Gasteiger partial charge in [-0.15, -0.1) is 0 Å². The number of nitrogens with zero attached hydrogens (tertiary/aromatic N) is 2.